The van der Waals surface area contributed by atoms with Crippen LogP contribution in [-0.4, -0.2) is 13.0 Å². The van der Waals surface area contributed by atoms with Gasteiger partial charge in [0.25, 0.3) is 5.91 Å². The lowest BCUT2D eigenvalue weighted by molar-refractivity contribution is 0.100. The van der Waals surface area contributed by atoms with Crippen molar-refractivity contribution in [3.8, 4) is 0 Å². The third-order valence-corrected chi connectivity index (χ3v) is 3.14. The SMILES string of the molecule is Cc1ccccc1N(C)c1c(N)cccc1C(N)=O. The van der Waals surface area contributed by atoms with Crippen molar-refractivity contribution >= 4 is 23.0 Å². The van der Waals surface area contributed by atoms with E-state index in [4.69, 9.17) is 11.5 Å². The minimum atomic E-state index is -0.484. The molecule has 19 heavy (non-hydrogen) atoms. The molecule has 0 aliphatic carbocycles. The maximum absolute atomic E-state index is 11.5. The molecular formula is C15H17N3O. The lowest BCUT2D eigenvalue weighted by atomic mass is 10.1. The molecule has 4 heteroatoms. The fourth-order valence-electron chi connectivity index (χ4n) is 2.19. The first-order valence-corrected chi connectivity index (χ1v) is 6.00. The number of benzene rings is 2. The largest absolute Gasteiger partial charge is 0.397 e. The van der Waals surface area contributed by atoms with Gasteiger partial charge >= 0.3 is 0 Å². The molecule has 0 atom stereocenters. The van der Waals surface area contributed by atoms with Gasteiger partial charge in [-0.25, -0.2) is 0 Å². The summed E-state index contributed by atoms with van der Waals surface area (Å²) in [5.74, 6) is -0.484. The smallest absolute Gasteiger partial charge is 0.250 e. The van der Waals surface area contributed by atoms with Gasteiger partial charge in [-0.15, -0.1) is 0 Å². The first kappa shape index (κ1) is 13.0. The molecule has 0 unspecified atom stereocenters. The molecule has 4 nitrogen and oxygen atoms in total. The Bertz CT molecular complexity index is 623. The number of carbonyl (C=O) groups is 1. The second-order valence-corrected chi connectivity index (χ2v) is 4.45. The Labute approximate surface area is 112 Å². The van der Waals surface area contributed by atoms with Crippen LogP contribution in [0.15, 0.2) is 42.5 Å². The van der Waals surface area contributed by atoms with Gasteiger partial charge < -0.3 is 16.4 Å². The van der Waals surface area contributed by atoms with Crippen LogP contribution in [0.3, 0.4) is 0 Å². The number of amides is 1. The Hall–Kier alpha value is -2.49. The Balaban J connectivity index is 2.59. The first-order chi connectivity index (χ1) is 9.02. The summed E-state index contributed by atoms with van der Waals surface area (Å²) in [6, 6.07) is 13.1. The number of hydrogen-bond donors (Lipinski definition) is 2. The van der Waals surface area contributed by atoms with Crippen LogP contribution in [0.2, 0.25) is 0 Å². The van der Waals surface area contributed by atoms with E-state index in [9.17, 15) is 4.79 Å². The minimum Gasteiger partial charge on any atom is -0.397 e. The van der Waals surface area contributed by atoms with Crippen LogP contribution >= 0.6 is 0 Å². The van der Waals surface area contributed by atoms with E-state index in [-0.39, 0.29) is 0 Å². The van der Waals surface area contributed by atoms with Crippen LogP contribution in [0.5, 0.6) is 0 Å². The zero-order chi connectivity index (χ0) is 14.0. The van der Waals surface area contributed by atoms with E-state index in [1.807, 2.05) is 43.1 Å². The average Bonchev–Trinajstić information content (AvgIpc) is 2.38. The lowest BCUT2D eigenvalue weighted by Gasteiger charge is -2.25. The molecule has 0 spiro atoms. The second-order valence-electron chi connectivity index (χ2n) is 4.45. The van der Waals surface area contributed by atoms with Crippen LogP contribution < -0.4 is 16.4 Å². The minimum absolute atomic E-state index is 0.422. The summed E-state index contributed by atoms with van der Waals surface area (Å²) in [6.45, 7) is 2.01. The molecule has 2 aromatic carbocycles. The van der Waals surface area contributed by atoms with Gasteiger partial charge in [-0.2, -0.15) is 0 Å². The zero-order valence-electron chi connectivity index (χ0n) is 11.1. The van der Waals surface area contributed by atoms with Crippen LogP contribution in [0.1, 0.15) is 15.9 Å². The van der Waals surface area contributed by atoms with Crippen molar-refractivity contribution in [1.82, 2.24) is 0 Å². The highest BCUT2D eigenvalue weighted by Crippen LogP contribution is 2.33. The van der Waals surface area contributed by atoms with E-state index in [0.29, 0.717) is 16.9 Å². The number of hydrogen-bond acceptors (Lipinski definition) is 3. The summed E-state index contributed by atoms with van der Waals surface area (Å²) in [5.41, 5.74) is 15.1. The maximum Gasteiger partial charge on any atom is 0.250 e. The summed E-state index contributed by atoms with van der Waals surface area (Å²) >= 11 is 0. The van der Waals surface area contributed by atoms with Gasteiger partial charge in [0.2, 0.25) is 0 Å². The normalized spacial score (nSPS) is 10.2. The third-order valence-electron chi connectivity index (χ3n) is 3.14. The molecule has 98 valence electrons. The van der Waals surface area contributed by atoms with E-state index < -0.39 is 5.91 Å². The van der Waals surface area contributed by atoms with Crippen molar-refractivity contribution in [2.24, 2.45) is 5.73 Å². The number of rotatable bonds is 3. The molecule has 0 heterocycles. The highest BCUT2D eigenvalue weighted by molar-refractivity contribution is 6.02. The first-order valence-electron chi connectivity index (χ1n) is 6.00. The molecule has 2 rings (SSSR count). The third kappa shape index (κ3) is 2.38. The number of aryl methyl sites for hydroxylation is 1. The van der Waals surface area contributed by atoms with Crippen molar-refractivity contribution in [2.75, 3.05) is 17.7 Å². The predicted molar refractivity (Wildman–Crippen MR) is 78.6 cm³/mol. The van der Waals surface area contributed by atoms with Gasteiger partial charge in [0.1, 0.15) is 0 Å². The molecule has 0 saturated heterocycles. The summed E-state index contributed by atoms with van der Waals surface area (Å²) in [5, 5.41) is 0. The maximum atomic E-state index is 11.5. The molecule has 2 aromatic rings. The summed E-state index contributed by atoms with van der Waals surface area (Å²) < 4.78 is 0. The lowest BCUT2D eigenvalue weighted by Crippen LogP contribution is -2.20. The van der Waals surface area contributed by atoms with Crippen molar-refractivity contribution < 1.29 is 4.79 Å². The van der Waals surface area contributed by atoms with E-state index in [1.54, 1.807) is 18.2 Å². The Morgan fingerprint density at radius 1 is 1.11 bits per heavy atom. The number of nitrogen functional groups attached to an aromatic ring is 1. The molecule has 0 bridgehead atoms. The number of anilines is 3. The molecule has 0 aliphatic rings. The van der Waals surface area contributed by atoms with Crippen LogP contribution in [-0.2, 0) is 0 Å². The van der Waals surface area contributed by atoms with Crippen molar-refractivity contribution in [2.45, 2.75) is 6.92 Å². The van der Waals surface area contributed by atoms with Gasteiger partial charge in [-0.1, -0.05) is 24.3 Å². The van der Waals surface area contributed by atoms with Crippen LogP contribution in [0.25, 0.3) is 0 Å². The molecule has 0 radical (unpaired) electrons. The number of carbonyl (C=O) groups excluding carboxylic acids is 1. The Kier molecular flexibility index (Phi) is 3.42. The molecule has 0 fully saturated rings. The Morgan fingerprint density at radius 2 is 1.79 bits per heavy atom. The molecule has 4 N–H and O–H groups in total. The number of para-hydroxylation sites is 2. The predicted octanol–water partition coefficient (Wildman–Crippen LogP) is 2.44. The molecule has 0 aromatic heterocycles. The van der Waals surface area contributed by atoms with Crippen LogP contribution in [0, 0.1) is 6.92 Å². The van der Waals surface area contributed by atoms with Crippen molar-refractivity contribution in [3.63, 3.8) is 0 Å². The quantitative estimate of drug-likeness (QED) is 0.827. The summed E-state index contributed by atoms with van der Waals surface area (Å²) in [7, 11) is 1.88. The van der Waals surface area contributed by atoms with E-state index in [0.717, 1.165) is 11.3 Å². The number of nitrogens with two attached hydrogens (primary N) is 2. The fraction of sp³-hybridized carbons (Fsp3) is 0.133. The topological polar surface area (TPSA) is 72.3 Å². The summed E-state index contributed by atoms with van der Waals surface area (Å²) in [4.78, 5) is 13.4. The standard InChI is InChI=1S/C15H17N3O/c1-10-6-3-4-9-13(10)18(2)14-11(15(17)19)7-5-8-12(14)16/h3-9H,16H2,1-2H3,(H2,17,19). The van der Waals surface area contributed by atoms with E-state index in [2.05, 4.69) is 0 Å². The zero-order valence-corrected chi connectivity index (χ0v) is 11.1. The molecular weight excluding hydrogens is 238 g/mol. The average molecular weight is 255 g/mol. The van der Waals surface area contributed by atoms with Gasteiger partial charge in [-0.3, -0.25) is 4.79 Å². The van der Waals surface area contributed by atoms with E-state index >= 15 is 0 Å². The van der Waals surface area contributed by atoms with Gasteiger partial charge in [-0.05, 0) is 30.7 Å². The number of nitrogens with zero attached hydrogens (tertiary/aromatic N) is 1. The van der Waals surface area contributed by atoms with Crippen molar-refractivity contribution in [3.05, 3.63) is 53.6 Å². The second kappa shape index (κ2) is 5.02. The Morgan fingerprint density at radius 3 is 2.42 bits per heavy atom. The number of primary amides is 1. The fourth-order valence-corrected chi connectivity index (χ4v) is 2.19. The van der Waals surface area contributed by atoms with Crippen molar-refractivity contribution in [1.29, 1.82) is 0 Å². The van der Waals surface area contributed by atoms with Crippen LogP contribution in [0.4, 0.5) is 17.1 Å². The van der Waals surface area contributed by atoms with Gasteiger partial charge in [0.05, 0.1) is 16.9 Å². The molecule has 0 aliphatic heterocycles. The molecule has 1 amide bonds. The van der Waals surface area contributed by atoms with E-state index in [1.165, 1.54) is 0 Å². The highest BCUT2D eigenvalue weighted by atomic mass is 16.1. The highest BCUT2D eigenvalue weighted by Gasteiger charge is 2.16. The molecule has 0 saturated carbocycles. The monoisotopic (exact) mass is 255 g/mol. The van der Waals surface area contributed by atoms with Gasteiger partial charge in [0, 0.05) is 12.7 Å². The van der Waals surface area contributed by atoms with Gasteiger partial charge in [0.15, 0.2) is 0 Å². The summed E-state index contributed by atoms with van der Waals surface area (Å²) in [6.07, 6.45) is 0.